The van der Waals surface area contributed by atoms with Crippen molar-refractivity contribution < 1.29 is 4.74 Å². The maximum absolute atomic E-state index is 8.83. The van der Waals surface area contributed by atoms with Gasteiger partial charge in [0.05, 0.1) is 16.9 Å². The van der Waals surface area contributed by atoms with Gasteiger partial charge in [-0.3, -0.25) is 0 Å². The minimum Gasteiger partial charge on any atom is -0.398 e. The largest absolute Gasteiger partial charge is 0.398 e. The van der Waals surface area contributed by atoms with Gasteiger partial charge in [0.1, 0.15) is 6.07 Å². The van der Waals surface area contributed by atoms with Gasteiger partial charge in [-0.05, 0) is 44.9 Å². The van der Waals surface area contributed by atoms with E-state index in [0.29, 0.717) is 17.3 Å². The van der Waals surface area contributed by atoms with Gasteiger partial charge in [-0.1, -0.05) is 0 Å². The number of ether oxygens (including phenoxy) is 1. The molecule has 1 unspecified atom stereocenters. The Morgan fingerprint density at radius 1 is 1.50 bits per heavy atom. The first kappa shape index (κ1) is 12.7. The van der Waals surface area contributed by atoms with Crippen LogP contribution in [0.1, 0.15) is 32.3 Å². The van der Waals surface area contributed by atoms with Crippen LogP contribution in [0, 0.1) is 11.3 Å². The number of hydrogen-bond donors (Lipinski definition) is 2. The summed E-state index contributed by atoms with van der Waals surface area (Å²) in [5.74, 6) is 0. The van der Waals surface area contributed by atoms with E-state index in [9.17, 15) is 0 Å². The predicted octanol–water partition coefficient (Wildman–Crippen LogP) is 2.51. The van der Waals surface area contributed by atoms with E-state index in [1.165, 1.54) is 0 Å². The number of nitrogens with one attached hydrogen (secondary N) is 1. The monoisotopic (exact) mass is 245 g/mol. The highest BCUT2D eigenvalue weighted by atomic mass is 16.5. The summed E-state index contributed by atoms with van der Waals surface area (Å²) < 4.78 is 5.69. The number of anilines is 2. The van der Waals surface area contributed by atoms with E-state index in [1.807, 2.05) is 12.1 Å². The Morgan fingerprint density at radius 3 is 2.89 bits per heavy atom. The Bertz CT molecular complexity index is 476. The highest BCUT2D eigenvalue weighted by Gasteiger charge is 2.28. The van der Waals surface area contributed by atoms with E-state index in [2.05, 4.69) is 25.2 Å². The van der Waals surface area contributed by atoms with E-state index < -0.39 is 0 Å². The first-order valence-electron chi connectivity index (χ1n) is 6.20. The third-order valence-electron chi connectivity index (χ3n) is 3.24. The number of rotatable bonds is 2. The first-order valence-corrected chi connectivity index (χ1v) is 6.20. The highest BCUT2D eigenvalue weighted by molar-refractivity contribution is 5.62. The maximum Gasteiger partial charge on any atom is 0.101 e. The molecule has 0 aliphatic carbocycles. The molecule has 1 heterocycles. The Morgan fingerprint density at radius 2 is 2.28 bits per heavy atom. The lowest BCUT2D eigenvalue weighted by Crippen LogP contribution is -2.40. The summed E-state index contributed by atoms with van der Waals surface area (Å²) in [6.45, 7) is 4.98. The lowest BCUT2D eigenvalue weighted by Gasteiger charge is -2.36. The van der Waals surface area contributed by atoms with Crippen LogP contribution >= 0.6 is 0 Å². The topological polar surface area (TPSA) is 71.1 Å². The molecule has 1 aliphatic heterocycles. The molecule has 1 aromatic carbocycles. The molecule has 2 rings (SSSR count). The second-order valence-electron chi connectivity index (χ2n) is 5.36. The molecule has 1 aromatic rings. The van der Waals surface area contributed by atoms with E-state index in [4.69, 9.17) is 15.7 Å². The predicted molar refractivity (Wildman–Crippen MR) is 72.2 cm³/mol. The van der Waals surface area contributed by atoms with E-state index in [1.54, 1.807) is 6.07 Å². The van der Waals surface area contributed by atoms with E-state index >= 15 is 0 Å². The molecule has 3 N–H and O–H groups in total. The lowest BCUT2D eigenvalue weighted by molar-refractivity contribution is -0.0553. The van der Waals surface area contributed by atoms with Gasteiger partial charge in [0.15, 0.2) is 0 Å². The van der Waals surface area contributed by atoms with Crippen LogP contribution in [0.2, 0.25) is 0 Å². The molecule has 0 spiro atoms. The molecular weight excluding hydrogens is 226 g/mol. The van der Waals surface area contributed by atoms with Gasteiger partial charge < -0.3 is 15.8 Å². The SMILES string of the molecule is CC1(C)CC(Nc2ccc(C#N)c(N)c2)CCO1. The summed E-state index contributed by atoms with van der Waals surface area (Å²) in [6.07, 6.45) is 1.95. The molecule has 1 fully saturated rings. The lowest BCUT2D eigenvalue weighted by atomic mass is 9.94. The normalized spacial score (nSPS) is 22.2. The van der Waals surface area contributed by atoms with Crippen LogP contribution in [0.25, 0.3) is 0 Å². The average molecular weight is 245 g/mol. The van der Waals surface area contributed by atoms with Crippen molar-refractivity contribution in [2.75, 3.05) is 17.7 Å². The zero-order chi connectivity index (χ0) is 13.2. The van der Waals surface area contributed by atoms with Crippen LogP contribution in [0.3, 0.4) is 0 Å². The van der Waals surface area contributed by atoms with Crippen LogP contribution in [-0.4, -0.2) is 18.2 Å². The number of nitrogens with zero attached hydrogens (tertiary/aromatic N) is 1. The Labute approximate surface area is 108 Å². The second kappa shape index (κ2) is 4.87. The first-order chi connectivity index (χ1) is 8.50. The van der Waals surface area contributed by atoms with Gasteiger partial charge in [0, 0.05) is 18.3 Å². The van der Waals surface area contributed by atoms with Crippen molar-refractivity contribution in [2.24, 2.45) is 0 Å². The van der Waals surface area contributed by atoms with Crippen LogP contribution in [0.5, 0.6) is 0 Å². The number of benzene rings is 1. The van der Waals surface area contributed by atoms with Crippen molar-refractivity contribution in [3.63, 3.8) is 0 Å². The van der Waals surface area contributed by atoms with Crippen LogP contribution < -0.4 is 11.1 Å². The minimum atomic E-state index is -0.0753. The molecule has 96 valence electrons. The molecule has 4 heteroatoms. The average Bonchev–Trinajstić information content (AvgIpc) is 2.28. The van der Waals surface area contributed by atoms with Crippen molar-refractivity contribution in [2.45, 2.75) is 38.3 Å². The summed E-state index contributed by atoms with van der Waals surface area (Å²) in [5, 5.41) is 12.3. The van der Waals surface area contributed by atoms with Crippen molar-refractivity contribution in [1.29, 1.82) is 5.26 Å². The van der Waals surface area contributed by atoms with Gasteiger partial charge in [-0.25, -0.2) is 0 Å². The smallest absolute Gasteiger partial charge is 0.101 e. The zero-order valence-corrected chi connectivity index (χ0v) is 10.9. The van der Waals surface area contributed by atoms with E-state index in [0.717, 1.165) is 25.1 Å². The van der Waals surface area contributed by atoms with Gasteiger partial charge in [-0.2, -0.15) is 5.26 Å². The highest BCUT2D eigenvalue weighted by Crippen LogP contribution is 2.27. The third-order valence-corrected chi connectivity index (χ3v) is 3.24. The number of nitrogens with two attached hydrogens (primary N) is 1. The zero-order valence-electron chi connectivity index (χ0n) is 10.9. The van der Waals surface area contributed by atoms with Crippen LogP contribution in [-0.2, 0) is 4.74 Å². The Hall–Kier alpha value is -1.73. The fourth-order valence-electron chi connectivity index (χ4n) is 2.35. The molecule has 1 atom stereocenters. The molecule has 0 bridgehead atoms. The summed E-state index contributed by atoms with van der Waals surface area (Å²) in [6, 6.07) is 7.93. The fourth-order valence-corrected chi connectivity index (χ4v) is 2.35. The molecule has 1 aliphatic rings. The number of nitrogen functional groups attached to an aromatic ring is 1. The van der Waals surface area contributed by atoms with Gasteiger partial charge in [-0.15, -0.1) is 0 Å². The molecule has 0 saturated carbocycles. The summed E-state index contributed by atoms with van der Waals surface area (Å²) in [5.41, 5.74) is 7.74. The molecular formula is C14H19N3O. The summed E-state index contributed by atoms with van der Waals surface area (Å²) in [7, 11) is 0. The second-order valence-corrected chi connectivity index (χ2v) is 5.36. The molecule has 4 nitrogen and oxygen atoms in total. The number of nitriles is 1. The van der Waals surface area contributed by atoms with Crippen LogP contribution in [0.4, 0.5) is 11.4 Å². The van der Waals surface area contributed by atoms with Crippen molar-refractivity contribution >= 4 is 11.4 Å². The summed E-state index contributed by atoms with van der Waals surface area (Å²) in [4.78, 5) is 0. The van der Waals surface area contributed by atoms with Gasteiger partial charge in [0.2, 0.25) is 0 Å². The molecule has 1 saturated heterocycles. The molecule has 0 radical (unpaired) electrons. The standard InChI is InChI=1S/C14H19N3O/c1-14(2)8-12(5-6-18-14)17-11-4-3-10(9-15)13(16)7-11/h3-4,7,12,17H,5-6,8,16H2,1-2H3. The van der Waals surface area contributed by atoms with Gasteiger partial charge >= 0.3 is 0 Å². The van der Waals surface area contributed by atoms with Crippen molar-refractivity contribution in [1.82, 2.24) is 0 Å². The minimum absolute atomic E-state index is 0.0753. The molecule has 0 aromatic heterocycles. The number of hydrogen-bond acceptors (Lipinski definition) is 4. The fraction of sp³-hybridized carbons (Fsp3) is 0.500. The Balaban J connectivity index is 2.06. The van der Waals surface area contributed by atoms with Crippen LogP contribution in [0.15, 0.2) is 18.2 Å². The molecule has 18 heavy (non-hydrogen) atoms. The van der Waals surface area contributed by atoms with E-state index in [-0.39, 0.29) is 5.60 Å². The quantitative estimate of drug-likeness (QED) is 0.785. The summed E-state index contributed by atoms with van der Waals surface area (Å²) >= 11 is 0. The van der Waals surface area contributed by atoms with Crippen molar-refractivity contribution in [3.8, 4) is 6.07 Å². The molecule has 0 amide bonds. The van der Waals surface area contributed by atoms with Crippen molar-refractivity contribution in [3.05, 3.63) is 23.8 Å². The third kappa shape index (κ3) is 2.93. The maximum atomic E-state index is 8.83. The Kier molecular flexibility index (Phi) is 3.44. The van der Waals surface area contributed by atoms with Gasteiger partial charge in [0.25, 0.3) is 0 Å².